The third-order valence-corrected chi connectivity index (χ3v) is 4.83. The average Bonchev–Trinajstić information content (AvgIpc) is 2.34. The van der Waals surface area contributed by atoms with Crippen LogP contribution < -0.4 is 10.0 Å². The number of anilines is 1. The van der Waals surface area contributed by atoms with Gasteiger partial charge >= 0.3 is 0 Å². The minimum atomic E-state index is -3.40. The van der Waals surface area contributed by atoms with E-state index >= 15 is 0 Å². The smallest absolute Gasteiger partial charge is 0.240 e. The molecule has 1 unspecified atom stereocenters. The Balaban J connectivity index is 2.84. The third kappa shape index (κ3) is 4.80. The zero-order valence-corrected chi connectivity index (χ0v) is 13.8. The molecule has 0 aromatic heterocycles. The summed E-state index contributed by atoms with van der Waals surface area (Å²) in [5, 5.41) is 3.43. The molecule has 1 aromatic carbocycles. The monoisotopic (exact) mass is 298 g/mol. The summed E-state index contributed by atoms with van der Waals surface area (Å²) in [5.74, 6) is 0.533. The maximum absolute atomic E-state index is 12.0. The molecule has 0 aliphatic carbocycles. The van der Waals surface area contributed by atoms with Crippen LogP contribution in [0.25, 0.3) is 0 Å². The van der Waals surface area contributed by atoms with E-state index in [1.807, 2.05) is 26.0 Å². The molecule has 0 bridgehead atoms. The summed E-state index contributed by atoms with van der Waals surface area (Å²) in [4.78, 5) is 0.300. The Morgan fingerprint density at radius 3 is 2.00 bits per heavy atom. The van der Waals surface area contributed by atoms with E-state index in [0.29, 0.717) is 16.9 Å². The second-order valence-electron chi connectivity index (χ2n) is 5.70. The fraction of sp³-hybridized carbons (Fsp3) is 0.600. The van der Waals surface area contributed by atoms with Gasteiger partial charge in [0.15, 0.2) is 0 Å². The van der Waals surface area contributed by atoms with Crippen molar-refractivity contribution in [1.29, 1.82) is 0 Å². The molecule has 0 aliphatic rings. The summed E-state index contributed by atoms with van der Waals surface area (Å²) >= 11 is 0. The van der Waals surface area contributed by atoms with Gasteiger partial charge in [-0.2, -0.15) is 0 Å². The quantitative estimate of drug-likeness (QED) is 0.812. The van der Waals surface area contributed by atoms with E-state index in [2.05, 4.69) is 30.8 Å². The highest BCUT2D eigenvalue weighted by Gasteiger charge is 2.15. The Morgan fingerprint density at radius 2 is 1.60 bits per heavy atom. The maximum Gasteiger partial charge on any atom is 0.240 e. The van der Waals surface area contributed by atoms with Crippen molar-refractivity contribution < 1.29 is 8.42 Å². The Labute approximate surface area is 123 Å². The molecule has 2 N–H and O–H groups in total. The van der Waals surface area contributed by atoms with Gasteiger partial charge in [0.1, 0.15) is 0 Å². The lowest BCUT2D eigenvalue weighted by Gasteiger charge is -2.22. The van der Waals surface area contributed by atoms with Gasteiger partial charge < -0.3 is 5.32 Å². The van der Waals surface area contributed by atoms with E-state index in [1.165, 1.54) is 0 Å². The molecule has 4 nitrogen and oxygen atoms in total. The fourth-order valence-corrected chi connectivity index (χ4v) is 3.31. The van der Waals surface area contributed by atoms with Crippen LogP contribution in [-0.4, -0.2) is 20.5 Å². The normalized spacial score (nSPS) is 13.8. The largest absolute Gasteiger partial charge is 0.382 e. The molecule has 0 aliphatic heterocycles. The van der Waals surface area contributed by atoms with Crippen LogP contribution >= 0.6 is 0 Å². The van der Waals surface area contributed by atoms with Crippen LogP contribution in [-0.2, 0) is 10.0 Å². The lowest BCUT2D eigenvalue weighted by atomic mass is 10.0. The summed E-state index contributed by atoms with van der Waals surface area (Å²) in [5.41, 5.74) is 0.953. The first kappa shape index (κ1) is 17.0. The SMILES string of the molecule is CCC(Nc1ccc(S(=O)(=O)NC(C)C)cc1)C(C)C. The van der Waals surface area contributed by atoms with Gasteiger partial charge in [-0.05, 0) is 50.5 Å². The third-order valence-electron chi connectivity index (χ3n) is 3.15. The molecule has 1 atom stereocenters. The summed E-state index contributed by atoms with van der Waals surface area (Å²) in [7, 11) is -3.40. The second kappa shape index (κ2) is 7.09. The predicted octanol–water partition coefficient (Wildman–Crippen LogP) is 3.22. The van der Waals surface area contributed by atoms with Crippen molar-refractivity contribution in [2.24, 2.45) is 5.92 Å². The average molecular weight is 298 g/mol. The molecule has 0 heterocycles. The lowest BCUT2D eigenvalue weighted by molar-refractivity contribution is 0.511. The number of rotatable bonds is 7. The van der Waals surface area contributed by atoms with Crippen LogP contribution in [0.5, 0.6) is 0 Å². The lowest BCUT2D eigenvalue weighted by Crippen LogP contribution is -2.30. The van der Waals surface area contributed by atoms with Gasteiger partial charge in [-0.15, -0.1) is 0 Å². The minimum Gasteiger partial charge on any atom is -0.382 e. The Morgan fingerprint density at radius 1 is 1.05 bits per heavy atom. The molecule has 0 radical (unpaired) electrons. The summed E-state index contributed by atoms with van der Waals surface area (Å²) < 4.78 is 26.6. The topological polar surface area (TPSA) is 58.2 Å². The summed E-state index contributed by atoms with van der Waals surface area (Å²) in [6.45, 7) is 10.1. The standard InChI is InChI=1S/C15H26N2O2S/c1-6-15(11(2)3)16-13-7-9-14(10-8-13)20(18,19)17-12(4)5/h7-12,15-17H,6H2,1-5H3. The minimum absolute atomic E-state index is 0.108. The van der Waals surface area contributed by atoms with Crippen molar-refractivity contribution in [2.75, 3.05) is 5.32 Å². The van der Waals surface area contributed by atoms with Crippen LogP contribution in [0, 0.1) is 5.92 Å². The molecule has 0 saturated carbocycles. The first-order valence-electron chi connectivity index (χ1n) is 7.15. The molecule has 5 heteroatoms. The highest BCUT2D eigenvalue weighted by atomic mass is 32.2. The zero-order valence-electron chi connectivity index (χ0n) is 13.0. The molecule has 0 saturated heterocycles. The number of hydrogen-bond acceptors (Lipinski definition) is 3. The summed E-state index contributed by atoms with van der Waals surface area (Å²) in [6, 6.07) is 7.20. The van der Waals surface area contributed by atoms with E-state index in [0.717, 1.165) is 12.1 Å². The van der Waals surface area contributed by atoms with Crippen molar-refractivity contribution in [3.05, 3.63) is 24.3 Å². The van der Waals surface area contributed by atoms with Crippen LogP contribution in [0.1, 0.15) is 41.0 Å². The van der Waals surface area contributed by atoms with Gasteiger partial charge in [-0.1, -0.05) is 20.8 Å². The Hall–Kier alpha value is -1.07. The van der Waals surface area contributed by atoms with Gasteiger partial charge in [0.05, 0.1) is 4.90 Å². The fourth-order valence-electron chi connectivity index (χ4n) is 2.06. The van der Waals surface area contributed by atoms with Crippen LogP contribution in [0.2, 0.25) is 0 Å². The van der Waals surface area contributed by atoms with Gasteiger partial charge in [0.25, 0.3) is 0 Å². The molecule has 20 heavy (non-hydrogen) atoms. The molecule has 114 valence electrons. The first-order chi connectivity index (χ1) is 9.26. The van der Waals surface area contributed by atoms with E-state index in [4.69, 9.17) is 0 Å². The number of nitrogens with one attached hydrogen (secondary N) is 2. The Bertz CT molecular complexity index is 507. The number of hydrogen-bond donors (Lipinski definition) is 2. The first-order valence-corrected chi connectivity index (χ1v) is 8.63. The van der Waals surface area contributed by atoms with Gasteiger partial charge in [0.2, 0.25) is 10.0 Å². The second-order valence-corrected chi connectivity index (χ2v) is 7.42. The van der Waals surface area contributed by atoms with Crippen LogP contribution in [0.15, 0.2) is 29.2 Å². The van der Waals surface area contributed by atoms with E-state index in [9.17, 15) is 8.42 Å². The van der Waals surface area contributed by atoms with Gasteiger partial charge in [-0.3, -0.25) is 0 Å². The molecule has 1 aromatic rings. The Kier molecular flexibility index (Phi) is 6.02. The zero-order chi connectivity index (χ0) is 15.3. The molecule has 0 spiro atoms. The summed E-state index contributed by atoms with van der Waals surface area (Å²) in [6.07, 6.45) is 1.03. The number of sulfonamides is 1. The van der Waals surface area contributed by atoms with E-state index in [1.54, 1.807) is 12.1 Å². The van der Waals surface area contributed by atoms with Crippen molar-refractivity contribution in [3.63, 3.8) is 0 Å². The van der Waals surface area contributed by atoms with Crippen molar-refractivity contribution in [1.82, 2.24) is 4.72 Å². The van der Waals surface area contributed by atoms with Crippen molar-refractivity contribution in [2.45, 2.75) is 58.0 Å². The highest BCUT2D eigenvalue weighted by molar-refractivity contribution is 7.89. The van der Waals surface area contributed by atoms with Gasteiger partial charge in [0, 0.05) is 17.8 Å². The predicted molar refractivity (Wildman–Crippen MR) is 84.4 cm³/mol. The maximum atomic E-state index is 12.0. The van der Waals surface area contributed by atoms with Crippen LogP contribution in [0.3, 0.4) is 0 Å². The van der Waals surface area contributed by atoms with Crippen molar-refractivity contribution >= 4 is 15.7 Å². The molecule has 1 rings (SSSR count). The molecule has 0 amide bonds. The molecule has 0 fully saturated rings. The van der Waals surface area contributed by atoms with Crippen LogP contribution in [0.4, 0.5) is 5.69 Å². The molecular formula is C15H26N2O2S. The van der Waals surface area contributed by atoms with E-state index in [-0.39, 0.29) is 6.04 Å². The molecular weight excluding hydrogens is 272 g/mol. The highest BCUT2D eigenvalue weighted by Crippen LogP contribution is 2.18. The van der Waals surface area contributed by atoms with Gasteiger partial charge in [-0.25, -0.2) is 13.1 Å². The van der Waals surface area contributed by atoms with E-state index < -0.39 is 10.0 Å². The van der Waals surface area contributed by atoms with Crippen molar-refractivity contribution in [3.8, 4) is 0 Å². The number of benzene rings is 1.